The summed E-state index contributed by atoms with van der Waals surface area (Å²) in [6.07, 6.45) is 5.64. The molecule has 3 atom stereocenters. The number of rotatable bonds is 26. The van der Waals surface area contributed by atoms with E-state index >= 15 is 0 Å². The lowest BCUT2D eigenvalue weighted by Gasteiger charge is -2.30. The van der Waals surface area contributed by atoms with Crippen molar-refractivity contribution in [3.63, 3.8) is 0 Å². The van der Waals surface area contributed by atoms with Crippen LogP contribution in [-0.4, -0.2) is 110 Å². The maximum Gasteiger partial charge on any atom is 0.500 e. The van der Waals surface area contributed by atoms with Gasteiger partial charge in [0.25, 0.3) is 0 Å². The number of hydrogen-bond donors (Lipinski definition) is 0. The molecule has 0 aliphatic heterocycles. The third kappa shape index (κ3) is 15.4. The highest BCUT2D eigenvalue weighted by Crippen LogP contribution is 2.19. The van der Waals surface area contributed by atoms with Gasteiger partial charge in [0.2, 0.25) is 0 Å². The summed E-state index contributed by atoms with van der Waals surface area (Å²) < 4.78 is 43.7. The maximum absolute atomic E-state index is 12.8. The molecule has 0 fully saturated rings. The second-order valence-electron chi connectivity index (χ2n) is 10.6. The minimum absolute atomic E-state index is 0.256. The molecule has 0 amide bonds. The van der Waals surface area contributed by atoms with Crippen LogP contribution in [0.15, 0.2) is 0 Å². The average molecular weight is 626 g/mol. The van der Waals surface area contributed by atoms with Crippen LogP contribution in [0.4, 0.5) is 0 Å². The normalized spacial score (nSPS) is 14.6. The topological polar surface area (TPSA) is 111 Å². The fraction of sp³-hybridized carbons (Fsp3) is 0.929. The summed E-state index contributed by atoms with van der Waals surface area (Å²) >= 11 is 0. The van der Waals surface area contributed by atoms with Crippen LogP contribution in [0.1, 0.15) is 66.2 Å². The van der Waals surface area contributed by atoms with Crippen molar-refractivity contribution in [1.29, 1.82) is 0 Å². The fourth-order valence-electron chi connectivity index (χ4n) is 4.75. The van der Waals surface area contributed by atoms with Gasteiger partial charge in [0.1, 0.15) is 0 Å². The van der Waals surface area contributed by atoms with Crippen molar-refractivity contribution in [3.8, 4) is 0 Å². The van der Waals surface area contributed by atoms with Crippen LogP contribution in [0.25, 0.3) is 0 Å². The van der Waals surface area contributed by atoms with Gasteiger partial charge in [-0.3, -0.25) is 9.59 Å². The SMILES string of the molecule is CCCCC(CC)CN(CC(C)C(=O)OCCC[Si](OC)(OC)OC)CC(C)C(=O)OCCC[Si](OC)(OC)OC. The fourth-order valence-corrected chi connectivity index (χ4v) is 8.13. The second kappa shape index (κ2) is 22.6. The van der Waals surface area contributed by atoms with E-state index in [0.29, 0.717) is 43.9 Å². The molecule has 0 aromatic heterocycles. The average Bonchev–Trinajstić information content (AvgIpc) is 2.99. The summed E-state index contributed by atoms with van der Waals surface area (Å²) in [6.45, 7) is 10.5. The van der Waals surface area contributed by atoms with E-state index in [0.717, 1.165) is 32.2 Å². The van der Waals surface area contributed by atoms with Crippen LogP contribution >= 0.6 is 0 Å². The maximum atomic E-state index is 12.8. The van der Waals surface area contributed by atoms with Crippen LogP contribution in [0, 0.1) is 17.8 Å². The Morgan fingerprint density at radius 3 is 1.34 bits per heavy atom. The number of nitrogens with zero attached hydrogens (tertiary/aromatic N) is 1. The predicted octanol–water partition coefficient (Wildman–Crippen LogP) is 4.40. The summed E-state index contributed by atoms with van der Waals surface area (Å²) in [6, 6.07) is 1.12. The lowest BCUT2D eigenvalue weighted by molar-refractivity contribution is -0.149. The monoisotopic (exact) mass is 625 g/mol. The standard InChI is InChI=1S/C28H59NO10Si2/c1-11-13-16-26(12-2)23-29(21-24(3)27(30)38-17-14-19-40(32-5,33-6)34-7)22-25(4)28(31)39-18-15-20-41(35-8,36-9)37-10/h24-26H,11-23H2,1-10H3. The molecule has 41 heavy (non-hydrogen) atoms. The quantitative estimate of drug-likeness (QED) is 0.0775. The van der Waals surface area contributed by atoms with Crippen molar-refractivity contribution in [2.75, 3.05) is 75.5 Å². The molecule has 244 valence electrons. The molecule has 13 heteroatoms. The molecule has 0 saturated carbocycles. The van der Waals surface area contributed by atoms with Crippen molar-refractivity contribution >= 4 is 29.5 Å². The highest BCUT2D eigenvalue weighted by atomic mass is 28.4. The highest BCUT2D eigenvalue weighted by molar-refractivity contribution is 6.60. The minimum atomic E-state index is -2.69. The summed E-state index contributed by atoms with van der Waals surface area (Å²) in [4.78, 5) is 27.9. The largest absolute Gasteiger partial charge is 0.500 e. The zero-order chi connectivity index (χ0) is 31.3. The van der Waals surface area contributed by atoms with Gasteiger partial charge in [-0.15, -0.1) is 0 Å². The van der Waals surface area contributed by atoms with Crippen LogP contribution in [-0.2, 0) is 45.6 Å². The van der Waals surface area contributed by atoms with Crippen molar-refractivity contribution in [2.24, 2.45) is 17.8 Å². The molecule has 0 spiro atoms. The summed E-state index contributed by atoms with van der Waals surface area (Å²) in [5.74, 6) is -0.702. The van der Waals surface area contributed by atoms with E-state index < -0.39 is 17.6 Å². The Labute approximate surface area is 251 Å². The first-order valence-electron chi connectivity index (χ1n) is 14.9. The van der Waals surface area contributed by atoms with Crippen LogP contribution in [0.5, 0.6) is 0 Å². The zero-order valence-corrected chi connectivity index (χ0v) is 29.5. The Hall–Kier alpha value is -0.906. The number of hydrogen-bond acceptors (Lipinski definition) is 11. The van der Waals surface area contributed by atoms with E-state index in [9.17, 15) is 9.59 Å². The first-order valence-corrected chi connectivity index (χ1v) is 18.8. The first kappa shape index (κ1) is 40.1. The molecular weight excluding hydrogens is 566 g/mol. The summed E-state index contributed by atoms with van der Waals surface area (Å²) in [7, 11) is 4.02. The highest BCUT2D eigenvalue weighted by Gasteiger charge is 2.38. The predicted molar refractivity (Wildman–Crippen MR) is 162 cm³/mol. The lowest BCUT2D eigenvalue weighted by atomic mass is 9.97. The molecule has 0 heterocycles. The summed E-state index contributed by atoms with van der Waals surface area (Å²) in [5.41, 5.74) is 0. The van der Waals surface area contributed by atoms with Gasteiger partial charge in [-0.05, 0) is 25.2 Å². The van der Waals surface area contributed by atoms with Gasteiger partial charge < -0.3 is 40.9 Å². The van der Waals surface area contributed by atoms with Gasteiger partial charge in [0.05, 0.1) is 25.0 Å². The lowest BCUT2D eigenvalue weighted by Crippen LogP contribution is -2.43. The van der Waals surface area contributed by atoms with Crippen molar-refractivity contribution < 1.29 is 45.6 Å². The molecule has 0 radical (unpaired) electrons. The van der Waals surface area contributed by atoms with E-state index in [2.05, 4.69) is 18.7 Å². The van der Waals surface area contributed by atoms with E-state index in [1.807, 2.05) is 13.8 Å². The minimum Gasteiger partial charge on any atom is -0.465 e. The second-order valence-corrected chi connectivity index (χ2v) is 16.8. The van der Waals surface area contributed by atoms with E-state index in [1.54, 1.807) is 42.7 Å². The van der Waals surface area contributed by atoms with Crippen LogP contribution in [0.3, 0.4) is 0 Å². The smallest absolute Gasteiger partial charge is 0.465 e. The molecule has 0 N–H and O–H groups in total. The first-order chi connectivity index (χ1) is 19.5. The van der Waals surface area contributed by atoms with Crippen LogP contribution in [0.2, 0.25) is 12.1 Å². The molecular formula is C28H59NO10Si2. The van der Waals surface area contributed by atoms with Gasteiger partial charge in [0.15, 0.2) is 0 Å². The number of carbonyl (C=O) groups excluding carboxylic acids is 2. The molecule has 11 nitrogen and oxygen atoms in total. The zero-order valence-electron chi connectivity index (χ0n) is 27.5. The molecule has 0 aliphatic rings. The third-order valence-corrected chi connectivity index (χ3v) is 13.2. The Morgan fingerprint density at radius 2 is 1.02 bits per heavy atom. The number of ether oxygens (including phenoxy) is 2. The third-order valence-electron chi connectivity index (χ3n) is 7.54. The van der Waals surface area contributed by atoms with Crippen molar-refractivity contribution in [1.82, 2.24) is 4.90 Å². The molecule has 0 saturated heterocycles. The Bertz CT molecular complexity index is 630. The Balaban J connectivity index is 5.07. The van der Waals surface area contributed by atoms with E-state index in [4.69, 9.17) is 36.0 Å². The Kier molecular flexibility index (Phi) is 22.1. The number of unbranched alkanes of at least 4 members (excludes halogenated alkanes) is 1. The van der Waals surface area contributed by atoms with Gasteiger partial charge in [-0.2, -0.15) is 0 Å². The van der Waals surface area contributed by atoms with Gasteiger partial charge in [0, 0.05) is 74.4 Å². The van der Waals surface area contributed by atoms with E-state index in [-0.39, 0.29) is 37.0 Å². The van der Waals surface area contributed by atoms with Crippen molar-refractivity contribution in [2.45, 2.75) is 78.3 Å². The molecule has 0 bridgehead atoms. The summed E-state index contributed by atoms with van der Waals surface area (Å²) in [5, 5.41) is 0. The molecule has 3 unspecified atom stereocenters. The van der Waals surface area contributed by atoms with Gasteiger partial charge >= 0.3 is 29.5 Å². The van der Waals surface area contributed by atoms with Crippen molar-refractivity contribution in [3.05, 3.63) is 0 Å². The molecule has 0 aromatic rings. The number of esters is 2. The van der Waals surface area contributed by atoms with E-state index in [1.165, 1.54) is 0 Å². The van der Waals surface area contributed by atoms with Gasteiger partial charge in [-0.1, -0.05) is 47.0 Å². The molecule has 0 aliphatic carbocycles. The van der Waals surface area contributed by atoms with Crippen LogP contribution < -0.4 is 0 Å². The molecule has 0 aromatic carbocycles. The number of carbonyl (C=O) groups is 2. The Morgan fingerprint density at radius 1 is 0.634 bits per heavy atom. The molecule has 0 rings (SSSR count). The van der Waals surface area contributed by atoms with Gasteiger partial charge in [-0.25, -0.2) is 0 Å².